The number of likely N-dealkylation sites (N-methyl/N-ethyl adjacent to an activating group) is 1. The highest BCUT2D eigenvalue weighted by Gasteiger charge is 2.23. The molecule has 0 spiro atoms. The van der Waals surface area contributed by atoms with E-state index >= 15 is 0 Å². The molecule has 1 N–H and O–H groups in total. The molecule has 106 valence electrons. The van der Waals surface area contributed by atoms with Gasteiger partial charge in [0, 0.05) is 32.6 Å². The Morgan fingerprint density at radius 2 is 2.06 bits per heavy atom. The Kier molecular flexibility index (Phi) is 7.28. The van der Waals surface area contributed by atoms with Crippen molar-refractivity contribution in [1.29, 1.82) is 0 Å². The lowest BCUT2D eigenvalue weighted by molar-refractivity contribution is -0.136. The van der Waals surface area contributed by atoms with Crippen LogP contribution >= 0.6 is 0 Å². The van der Waals surface area contributed by atoms with Gasteiger partial charge in [-0.1, -0.05) is 26.7 Å². The lowest BCUT2D eigenvalue weighted by Crippen LogP contribution is -2.46. The predicted octanol–water partition coefficient (Wildman–Crippen LogP) is 1.65. The minimum absolute atomic E-state index is 0.150. The molecule has 4 nitrogen and oxygen atoms in total. The maximum absolute atomic E-state index is 12.3. The topological polar surface area (TPSA) is 41.6 Å². The molecule has 18 heavy (non-hydrogen) atoms. The van der Waals surface area contributed by atoms with Gasteiger partial charge in [-0.05, 0) is 12.8 Å². The van der Waals surface area contributed by atoms with Crippen LogP contribution in [0.25, 0.3) is 0 Å². The van der Waals surface area contributed by atoms with Crippen LogP contribution in [-0.4, -0.2) is 50.2 Å². The van der Waals surface area contributed by atoms with E-state index in [9.17, 15) is 4.79 Å². The normalized spacial score (nSPS) is 20.1. The highest BCUT2D eigenvalue weighted by Crippen LogP contribution is 2.16. The van der Waals surface area contributed by atoms with Gasteiger partial charge >= 0.3 is 0 Å². The van der Waals surface area contributed by atoms with E-state index in [1.165, 1.54) is 0 Å². The summed E-state index contributed by atoms with van der Waals surface area (Å²) in [5.41, 5.74) is 0. The van der Waals surface area contributed by atoms with Crippen molar-refractivity contribution in [3.8, 4) is 0 Å². The summed E-state index contributed by atoms with van der Waals surface area (Å²) in [6, 6.07) is 0. The van der Waals surface area contributed by atoms with Crippen LogP contribution < -0.4 is 5.32 Å². The molecule has 1 amide bonds. The van der Waals surface area contributed by atoms with Crippen LogP contribution in [-0.2, 0) is 9.53 Å². The Morgan fingerprint density at radius 1 is 1.39 bits per heavy atom. The zero-order valence-electron chi connectivity index (χ0n) is 12.1. The molecule has 1 atom stereocenters. The summed E-state index contributed by atoms with van der Waals surface area (Å²) in [4.78, 5) is 14.2. The van der Waals surface area contributed by atoms with Crippen molar-refractivity contribution >= 4 is 5.91 Å². The Hall–Kier alpha value is -0.610. The van der Waals surface area contributed by atoms with Gasteiger partial charge in [0.05, 0.1) is 12.7 Å². The fourth-order valence-corrected chi connectivity index (χ4v) is 2.53. The SMILES string of the molecule is CCCC(CCC)C(=O)N(C)CC1CNCCO1. The summed E-state index contributed by atoms with van der Waals surface area (Å²) in [6.07, 6.45) is 4.30. The number of morpholine rings is 1. The number of carbonyl (C=O) groups is 1. The van der Waals surface area contributed by atoms with Crippen molar-refractivity contribution in [2.45, 2.75) is 45.6 Å². The molecule has 0 aromatic carbocycles. The van der Waals surface area contributed by atoms with Gasteiger partial charge in [-0.25, -0.2) is 0 Å². The van der Waals surface area contributed by atoms with Gasteiger partial charge in [0.15, 0.2) is 0 Å². The Morgan fingerprint density at radius 3 is 2.56 bits per heavy atom. The van der Waals surface area contributed by atoms with Gasteiger partial charge in [-0.15, -0.1) is 0 Å². The largest absolute Gasteiger partial charge is 0.374 e. The molecular weight excluding hydrogens is 228 g/mol. The molecule has 1 unspecified atom stereocenters. The first-order valence-corrected chi connectivity index (χ1v) is 7.26. The van der Waals surface area contributed by atoms with Crippen molar-refractivity contribution in [3.63, 3.8) is 0 Å². The number of carbonyl (C=O) groups excluding carboxylic acids is 1. The Bertz CT molecular complexity index is 234. The molecule has 0 aliphatic carbocycles. The third-order valence-corrected chi connectivity index (χ3v) is 3.48. The van der Waals surface area contributed by atoms with E-state index < -0.39 is 0 Å². The number of rotatable bonds is 7. The molecule has 1 aliphatic heterocycles. The molecule has 4 heteroatoms. The summed E-state index contributed by atoms with van der Waals surface area (Å²) in [5, 5.41) is 3.30. The van der Waals surface area contributed by atoms with Crippen LogP contribution in [0.2, 0.25) is 0 Å². The van der Waals surface area contributed by atoms with Gasteiger partial charge in [0.1, 0.15) is 0 Å². The monoisotopic (exact) mass is 256 g/mol. The molecule has 0 radical (unpaired) electrons. The van der Waals surface area contributed by atoms with E-state index in [-0.39, 0.29) is 17.9 Å². The lowest BCUT2D eigenvalue weighted by atomic mass is 9.97. The van der Waals surface area contributed by atoms with Gasteiger partial charge in [-0.3, -0.25) is 4.79 Å². The number of hydrogen-bond acceptors (Lipinski definition) is 3. The minimum atomic E-state index is 0.150. The minimum Gasteiger partial charge on any atom is -0.374 e. The van der Waals surface area contributed by atoms with Crippen LogP contribution in [0.4, 0.5) is 0 Å². The summed E-state index contributed by atoms with van der Waals surface area (Å²) < 4.78 is 5.64. The zero-order chi connectivity index (χ0) is 13.4. The molecule has 0 aromatic heterocycles. The second-order valence-corrected chi connectivity index (χ2v) is 5.19. The molecule has 1 heterocycles. The first-order chi connectivity index (χ1) is 8.69. The maximum atomic E-state index is 12.3. The van der Waals surface area contributed by atoms with Crippen molar-refractivity contribution in [2.75, 3.05) is 33.3 Å². The molecule has 1 rings (SSSR count). The standard InChI is InChI=1S/C14H28N2O2/c1-4-6-12(7-5-2)14(17)16(3)11-13-10-15-8-9-18-13/h12-13,15H,4-11H2,1-3H3. The predicted molar refractivity (Wildman–Crippen MR) is 73.6 cm³/mol. The summed E-state index contributed by atoms with van der Waals surface area (Å²) in [5.74, 6) is 0.481. The molecule has 1 fully saturated rings. The number of nitrogens with one attached hydrogen (secondary N) is 1. The van der Waals surface area contributed by atoms with Gasteiger partial charge in [0.25, 0.3) is 0 Å². The van der Waals surface area contributed by atoms with Crippen LogP contribution in [0.5, 0.6) is 0 Å². The zero-order valence-corrected chi connectivity index (χ0v) is 12.1. The fraction of sp³-hybridized carbons (Fsp3) is 0.929. The lowest BCUT2D eigenvalue weighted by Gasteiger charge is -2.30. The van der Waals surface area contributed by atoms with E-state index in [0.717, 1.165) is 45.4 Å². The maximum Gasteiger partial charge on any atom is 0.225 e. The van der Waals surface area contributed by atoms with Gasteiger partial charge < -0.3 is 15.0 Å². The van der Waals surface area contributed by atoms with Gasteiger partial charge in [0.2, 0.25) is 5.91 Å². The second kappa shape index (κ2) is 8.48. The van der Waals surface area contributed by atoms with Crippen LogP contribution in [0.1, 0.15) is 39.5 Å². The number of ether oxygens (including phenoxy) is 1. The quantitative estimate of drug-likeness (QED) is 0.753. The van der Waals surface area contributed by atoms with Crippen molar-refractivity contribution in [3.05, 3.63) is 0 Å². The third-order valence-electron chi connectivity index (χ3n) is 3.48. The Balaban J connectivity index is 2.41. The highest BCUT2D eigenvalue weighted by atomic mass is 16.5. The van der Waals surface area contributed by atoms with Crippen molar-refractivity contribution < 1.29 is 9.53 Å². The van der Waals surface area contributed by atoms with Crippen LogP contribution in [0.15, 0.2) is 0 Å². The third kappa shape index (κ3) is 4.94. The average Bonchev–Trinajstić information content (AvgIpc) is 2.39. The van der Waals surface area contributed by atoms with Crippen molar-refractivity contribution in [2.24, 2.45) is 5.92 Å². The smallest absolute Gasteiger partial charge is 0.225 e. The van der Waals surface area contributed by atoms with E-state index in [1.807, 2.05) is 11.9 Å². The number of nitrogens with zero attached hydrogens (tertiary/aromatic N) is 1. The number of amides is 1. The average molecular weight is 256 g/mol. The van der Waals surface area contributed by atoms with Crippen LogP contribution in [0, 0.1) is 5.92 Å². The molecular formula is C14H28N2O2. The van der Waals surface area contributed by atoms with Gasteiger partial charge in [-0.2, -0.15) is 0 Å². The second-order valence-electron chi connectivity index (χ2n) is 5.19. The summed E-state index contributed by atoms with van der Waals surface area (Å²) in [7, 11) is 1.90. The molecule has 1 saturated heterocycles. The Labute approximate surface area is 111 Å². The summed E-state index contributed by atoms with van der Waals surface area (Å²) in [6.45, 7) is 7.51. The first kappa shape index (κ1) is 15.4. The van der Waals surface area contributed by atoms with E-state index in [0.29, 0.717) is 6.54 Å². The molecule has 1 aliphatic rings. The van der Waals surface area contributed by atoms with Crippen LogP contribution in [0.3, 0.4) is 0 Å². The fourth-order valence-electron chi connectivity index (χ4n) is 2.53. The van der Waals surface area contributed by atoms with E-state index in [1.54, 1.807) is 0 Å². The number of hydrogen-bond donors (Lipinski definition) is 1. The molecule has 0 saturated carbocycles. The van der Waals surface area contributed by atoms with Crippen molar-refractivity contribution in [1.82, 2.24) is 10.2 Å². The molecule has 0 aromatic rings. The summed E-state index contributed by atoms with van der Waals surface area (Å²) >= 11 is 0. The van der Waals surface area contributed by atoms with E-state index in [4.69, 9.17) is 4.74 Å². The molecule has 0 bridgehead atoms. The van der Waals surface area contributed by atoms with E-state index in [2.05, 4.69) is 19.2 Å². The highest BCUT2D eigenvalue weighted by molar-refractivity contribution is 5.78. The first-order valence-electron chi connectivity index (χ1n) is 7.26.